The number of hydrogen-bond acceptors (Lipinski definition) is 6. The van der Waals surface area contributed by atoms with Crippen LogP contribution in [0.25, 0.3) is 0 Å². The molecule has 3 aromatic rings. The van der Waals surface area contributed by atoms with Crippen LogP contribution < -0.4 is 10.2 Å². The molecule has 0 saturated carbocycles. The van der Waals surface area contributed by atoms with E-state index in [1.807, 2.05) is 48.7 Å². The van der Waals surface area contributed by atoms with Crippen molar-refractivity contribution in [3.63, 3.8) is 0 Å². The lowest BCUT2D eigenvalue weighted by molar-refractivity contribution is -0.153. The van der Waals surface area contributed by atoms with E-state index in [9.17, 15) is 19.2 Å². The topological polar surface area (TPSA) is 92.8 Å². The molecule has 1 saturated heterocycles. The summed E-state index contributed by atoms with van der Waals surface area (Å²) in [5.41, 5.74) is 2.84. The normalized spacial score (nSPS) is 17.7. The van der Waals surface area contributed by atoms with Gasteiger partial charge in [-0.1, -0.05) is 23.8 Å². The number of rotatable bonds is 7. The van der Waals surface area contributed by atoms with E-state index < -0.39 is 30.4 Å². The summed E-state index contributed by atoms with van der Waals surface area (Å²) in [4.78, 5) is 52.5. The Morgan fingerprint density at radius 3 is 2.40 bits per heavy atom. The van der Waals surface area contributed by atoms with Crippen LogP contribution in [-0.2, 0) is 19.1 Å². The van der Waals surface area contributed by atoms with Gasteiger partial charge >= 0.3 is 5.97 Å². The highest BCUT2D eigenvalue weighted by molar-refractivity contribution is 7.10. The quantitative estimate of drug-likeness (QED) is 0.375. The van der Waals surface area contributed by atoms with Gasteiger partial charge in [-0.15, -0.1) is 11.3 Å². The van der Waals surface area contributed by atoms with E-state index in [4.69, 9.17) is 4.74 Å². The molecule has 2 heterocycles. The van der Waals surface area contributed by atoms with Crippen LogP contribution in [0.5, 0.6) is 0 Å². The number of benzene rings is 2. The molecule has 1 fully saturated rings. The van der Waals surface area contributed by atoms with E-state index >= 15 is 0 Å². The van der Waals surface area contributed by atoms with E-state index in [-0.39, 0.29) is 18.1 Å². The van der Waals surface area contributed by atoms with Gasteiger partial charge in [-0.05, 0) is 68.1 Å². The molecule has 35 heavy (non-hydrogen) atoms. The molecule has 0 aliphatic carbocycles. The Bertz CT molecular complexity index is 1220. The molecule has 0 radical (unpaired) electrons. The molecule has 0 unspecified atom stereocenters. The van der Waals surface area contributed by atoms with E-state index in [0.29, 0.717) is 17.7 Å². The summed E-state index contributed by atoms with van der Waals surface area (Å²) in [6.45, 7) is 3.00. The SMILES string of the molecule is CC(=O)c1ccc(NC(=O)COC(=O)[C@@H]2CCC(=O)N(c3ccc(C)cc3)[C@H]2c2cccs2)cc1. The number of ketones is 1. The zero-order valence-corrected chi connectivity index (χ0v) is 20.3. The Labute approximate surface area is 207 Å². The molecule has 0 bridgehead atoms. The largest absolute Gasteiger partial charge is 0.455 e. The molecule has 2 aromatic carbocycles. The molecule has 180 valence electrons. The van der Waals surface area contributed by atoms with Crippen LogP contribution in [0.3, 0.4) is 0 Å². The van der Waals surface area contributed by atoms with Gasteiger partial charge in [0, 0.05) is 28.2 Å². The van der Waals surface area contributed by atoms with Crippen molar-refractivity contribution in [3.05, 3.63) is 82.0 Å². The zero-order valence-electron chi connectivity index (χ0n) is 19.5. The van der Waals surface area contributed by atoms with Crippen molar-refractivity contribution < 1.29 is 23.9 Å². The van der Waals surface area contributed by atoms with Crippen LogP contribution in [0, 0.1) is 12.8 Å². The first kappa shape index (κ1) is 24.3. The number of hydrogen-bond donors (Lipinski definition) is 1. The smallest absolute Gasteiger partial charge is 0.311 e. The Balaban J connectivity index is 1.47. The van der Waals surface area contributed by atoms with E-state index in [0.717, 1.165) is 16.1 Å². The van der Waals surface area contributed by atoms with Gasteiger partial charge in [0.15, 0.2) is 12.4 Å². The van der Waals surface area contributed by atoms with Crippen LogP contribution in [-0.4, -0.2) is 30.2 Å². The molecule has 8 heteroatoms. The van der Waals surface area contributed by atoms with E-state index in [1.54, 1.807) is 29.2 Å². The van der Waals surface area contributed by atoms with Gasteiger partial charge in [0.05, 0.1) is 12.0 Å². The summed E-state index contributed by atoms with van der Waals surface area (Å²) in [5.74, 6) is -1.72. The van der Waals surface area contributed by atoms with Crippen molar-refractivity contribution in [3.8, 4) is 0 Å². The second-order valence-electron chi connectivity index (χ2n) is 8.49. The van der Waals surface area contributed by atoms with E-state index in [2.05, 4.69) is 5.32 Å². The van der Waals surface area contributed by atoms with Gasteiger partial charge in [-0.3, -0.25) is 19.2 Å². The molecule has 4 rings (SSSR count). The first-order valence-corrected chi connectivity index (χ1v) is 12.2. The molecular weight excluding hydrogens is 464 g/mol. The maximum Gasteiger partial charge on any atom is 0.311 e. The Morgan fingerprint density at radius 1 is 1.06 bits per heavy atom. The van der Waals surface area contributed by atoms with Gasteiger partial charge < -0.3 is 15.0 Å². The minimum Gasteiger partial charge on any atom is -0.455 e. The fraction of sp³-hybridized carbons (Fsp3) is 0.259. The lowest BCUT2D eigenvalue weighted by Crippen LogP contribution is -2.46. The maximum absolute atomic E-state index is 13.1. The second kappa shape index (κ2) is 10.7. The fourth-order valence-electron chi connectivity index (χ4n) is 4.16. The van der Waals surface area contributed by atoms with Crippen LogP contribution in [0.15, 0.2) is 66.0 Å². The molecule has 1 N–H and O–H groups in total. The summed E-state index contributed by atoms with van der Waals surface area (Å²) in [7, 11) is 0. The maximum atomic E-state index is 13.1. The van der Waals surface area contributed by atoms with Crippen LogP contribution >= 0.6 is 11.3 Å². The molecule has 1 aromatic heterocycles. The molecule has 1 aliphatic heterocycles. The number of thiophene rings is 1. The van der Waals surface area contributed by atoms with Gasteiger partial charge in [0.1, 0.15) is 0 Å². The highest BCUT2D eigenvalue weighted by Crippen LogP contribution is 2.42. The highest BCUT2D eigenvalue weighted by Gasteiger charge is 2.43. The Kier molecular flexibility index (Phi) is 7.41. The van der Waals surface area contributed by atoms with Crippen molar-refractivity contribution in [1.29, 1.82) is 0 Å². The number of anilines is 2. The lowest BCUT2D eigenvalue weighted by Gasteiger charge is -2.39. The van der Waals surface area contributed by atoms with Crippen molar-refractivity contribution in [1.82, 2.24) is 0 Å². The number of carbonyl (C=O) groups is 4. The average Bonchev–Trinajstić information content (AvgIpc) is 3.38. The summed E-state index contributed by atoms with van der Waals surface area (Å²) in [6.07, 6.45) is 0.556. The average molecular weight is 491 g/mol. The predicted molar refractivity (Wildman–Crippen MR) is 134 cm³/mol. The molecule has 2 atom stereocenters. The summed E-state index contributed by atoms with van der Waals surface area (Å²) in [5, 5.41) is 4.57. The third-order valence-electron chi connectivity index (χ3n) is 5.97. The highest BCUT2D eigenvalue weighted by atomic mass is 32.1. The number of Topliss-reactive ketones (excluding diaryl/α,β-unsaturated/α-hetero) is 1. The fourth-order valence-corrected chi connectivity index (χ4v) is 5.04. The number of esters is 1. The molecular formula is C27H26N2O5S. The van der Waals surface area contributed by atoms with Crippen LogP contribution in [0.1, 0.15) is 46.6 Å². The summed E-state index contributed by atoms with van der Waals surface area (Å²) >= 11 is 1.48. The van der Waals surface area contributed by atoms with Gasteiger partial charge in [-0.25, -0.2) is 0 Å². The predicted octanol–water partition coefficient (Wildman–Crippen LogP) is 4.93. The number of ether oxygens (including phenoxy) is 1. The van der Waals surface area contributed by atoms with Crippen molar-refractivity contribution in [2.45, 2.75) is 32.7 Å². The number of amides is 2. The number of piperidine rings is 1. The molecule has 0 spiro atoms. The van der Waals surface area contributed by atoms with Gasteiger partial charge in [0.2, 0.25) is 5.91 Å². The number of aryl methyl sites for hydroxylation is 1. The third kappa shape index (κ3) is 5.66. The van der Waals surface area contributed by atoms with Gasteiger partial charge in [0.25, 0.3) is 5.91 Å². The number of nitrogens with zero attached hydrogens (tertiary/aromatic N) is 1. The minimum absolute atomic E-state index is 0.0527. The van der Waals surface area contributed by atoms with E-state index in [1.165, 1.54) is 18.3 Å². The second-order valence-corrected chi connectivity index (χ2v) is 9.47. The van der Waals surface area contributed by atoms with Gasteiger partial charge in [-0.2, -0.15) is 0 Å². The molecule has 7 nitrogen and oxygen atoms in total. The molecule has 1 aliphatic rings. The Hall–Kier alpha value is -3.78. The van der Waals surface area contributed by atoms with Crippen LogP contribution in [0.4, 0.5) is 11.4 Å². The third-order valence-corrected chi connectivity index (χ3v) is 6.91. The zero-order chi connectivity index (χ0) is 24.9. The van der Waals surface area contributed by atoms with Crippen molar-refractivity contribution in [2.75, 3.05) is 16.8 Å². The molecule has 2 amide bonds. The summed E-state index contributed by atoms with van der Waals surface area (Å²) < 4.78 is 5.41. The standard InChI is InChI=1S/C27H26N2O5S/c1-17-5-11-21(12-6-17)29-25(32)14-13-22(26(29)23-4-3-15-35-23)27(33)34-16-24(31)28-20-9-7-19(8-10-20)18(2)30/h3-12,15,22,26H,13-14,16H2,1-2H3,(H,28,31)/t22-,26-/m1/s1. The monoisotopic (exact) mass is 490 g/mol. The van der Waals surface area contributed by atoms with Crippen molar-refractivity contribution >= 4 is 46.3 Å². The van der Waals surface area contributed by atoms with Crippen molar-refractivity contribution in [2.24, 2.45) is 5.92 Å². The first-order chi connectivity index (χ1) is 16.8. The number of nitrogens with one attached hydrogen (secondary N) is 1. The Morgan fingerprint density at radius 2 is 1.77 bits per heavy atom. The number of carbonyl (C=O) groups excluding carboxylic acids is 4. The summed E-state index contributed by atoms with van der Waals surface area (Å²) in [6, 6.07) is 17.4. The first-order valence-electron chi connectivity index (χ1n) is 11.3. The minimum atomic E-state index is -0.602. The van der Waals surface area contributed by atoms with Crippen LogP contribution in [0.2, 0.25) is 0 Å². The lowest BCUT2D eigenvalue weighted by atomic mass is 9.87.